The van der Waals surface area contributed by atoms with Gasteiger partial charge in [-0.2, -0.15) is 0 Å². The summed E-state index contributed by atoms with van der Waals surface area (Å²) in [5.74, 6) is 6.61. The Hall–Kier alpha value is -1.91. The predicted molar refractivity (Wildman–Crippen MR) is 80.2 cm³/mol. The van der Waals surface area contributed by atoms with Crippen molar-refractivity contribution in [2.75, 3.05) is 6.61 Å². The maximum Gasteiger partial charge on any atom is 0.124 e. The minimum Gasteiger partial charge on any atom is -0.494 e. The normalized spacial score (nSPS) is 12.1. The molecule has 0 aliphatic heterocycles. The lowest BCUT2D eigenvalue weighted by Gasteiger charge is -2.19. The number of hydrogen-bond donors (Lipinski definition) is 2. The summed E-state index contributed by atoms with van der Waals surface area (Å²) in [6.45, 7) is 2.64. The van der Waals surface area contributed by atoms with Gasteiger partial charge in [-0.05, 0) is 43.5 Å². The van der Waals surface area contributed by atoms with E-state index < -0.39 is 0 Å². The summed E-state index contributed by atoms with van der Waals surface area (Å²) in [4.78, 5) is 4.03. The van der Waals surface area contributed by atoms with Crippen LogP contribution in [0.2, 0.25) is 0 Å². The predicted octanol–water partition coefficient (Wildman–Crippen LogP) is 2.62. The minimum atomic E-state index is 0.0749. The highest BCUT2D eigenvalue weighted by Crippen LogP contribution is 2.27. The second-order valence-electron chi connectivity index (χ2n) is 4.58. The van der Waals surface area contributed by atoms with Crippen molar-refractivity contribution in [3.05, 3.63) is 59.9 Å². The van der Waals surface area contributed by atoms with E-state index in [1.165, 1.54) is 5.56 Å². The summed E-state index contributed by atoms with van der Waals surface area (Å²) in [6.07, 6.45) is 5.48. The van der Waals surface area contributed by atoms with E-state index in [0.29, 0.717) is 6.61 Å². The molecule has 2 aromatic rings. The van der Waals surface area contributed by atoms with Gasteiger partial charge in [0, 0.05) is 24.0 Å². The molecule has 0 aliphatic carbocycles. The number of pyridine rings is 1. The number of rotatable bonds is 7. The average molecular weight is 271 g/mol. The monoisotopic (exact) mass is 271 g/mol. The van der Waals surface area contributed by atoms with Gasteiger partial charge in [-0.3, -0.25) is 16.3 Å². The molecule has 1 atom stereocenters. The zero-order chi connectivity index (χ0) is 14.2. The highest BCUT2D eigenvalue weighted by molar-refractivity contribution is 5.36. The Kier molecular flexibility index (Phi) is 5.53. The van der Waals surface area contributed by atoms with Crippen LogP contribution in [0.1, 0.15) is 30.5 Å². The second kappa shape index (κ2) is 7.62. The summed E-state index contributed by atoms with van der Waals surface area (Å²) in [5.41, 5.74) is 5.25. The summed E-state index contributed by atoms with van der Waals surface area (Å²) in [6, 6.07) is 12.2. The Morgan fingerprint density at radius 1 is 1.20 bits per heavy atom. The molecule has 106 valence electrons. The molecule has 0 amide bonds. The van der Waals surface area contributed by atoms with Gasteiger partial charge in [-0.1, -0.05) is 18.2 Å². The first kappa shape index (κ1) is 14.5. The summed E-state index contributed by atoms with van der Waals surface area (Å²) < 4.78 is 5.67. The fourth-order valence-corrected chi connectivity index (χ4v) is 2.24. The topological polar surface area (TPSA) is 60.2 Å². The number of aromatic nitrogens is 1. The number of para-hydroxylation sites is 1. The number of nitrogens with zero attached hydrogens (tertiary/aromatic N) is 1. The Labute approximate surface area is 120 Å². The minimum absolute atomic E-state index is 0.0749. The van der Waals surface area contributed by atoms with E-state index in [9.17, 15) is 0 Å². The van der Waals surface area contributed by atoms with E-state index in [-0.39, 0.29) is 6.04 Å². The molecule has 1 heterocycles. The SMILES string of the molecule is CCOc1ccccc1C(CCc1ccncc1)NN. The Bertz CT molecular complexity index is 516. The van der Waals surface area contributed by atoms with Gasteiger partial charge in [-0.25, -0.2) is 0 Å². The van der Waals surface area contributed by atoms with E-state index in [1.54, 1.807) is 0 Å². The number of nitrogens with one attached hydrogen (secondary N) is 1. The first-order chi connectivity index (χ1) is 9.85. The van der Waals surface area contributed by atoms with Gasteiger partial charge < -0.3 is 4.74 Å². The molecule has 0 saturated carbocycles. The van der Waals surface area contributed by atoms with Crippen LogP contribution in [0, 0.1) is 0 Å². The van der Waals surface area contributed by atoms with Crippen molar-refractivity contribution in [1.29, 1.82) is 0 Å². The molecule has 4 heteroatoms. The standard InChI is InChI=1S/C16H21N3O/c1-2-20-16-6-4-3-5-14(16)15(19-17)8-7-13-9-11-18-12-10-13/h3-6,9-12,15,19H,2,7-8,17H2,1H3. The van der Waals surface area contributed by atoms with Crippen LogP contribution < -0.4 is 16.0 Å². The van der Waals surface area contributed by atoms with Crippen LogP contribution >= 0.6 is 0 Å². The van der Waals surface area contributed by atoms with E-state index in [2.05, 4.69) is 16.5 Å². The zero-order valence-electron chi connectivity index (χ0n) is 11.8. The van der Waals surface area contributed by atoms with Crippen LogP contribution in [0.25, 0.3) is 0 Å². The van der Waals surface area contributed by atoms with Crippen molar-refractivity contribution < 1.29 is 4.74 Å². The molecule has 1 aromatic heterocycles. The van der Waals surface area contributed by atoms with Gasteiger partial charge >= 0.3 is 0 Å². The largest absolute Gasteiger partial charge is 0.494 e. The van der Waals surface area contributed by atoms with Crippen molar-refractivity contribution in [3.8, 4) is 5.75 Å². The summed E-state index contributed by atoms with van der Waals surface area (Å²) in [7, 11) is 0. The van der Waals surface area contributed by atoms with E-state index in [1.807, 2.05) is 49.6 Å². The first-order valence-corrected chi connectivity index (χ1v) is 6.92. The van der Waals surface area contributed by atoms with E-state index in [0.717, 1.165) is 24.2 Å². The van der Waals surface area contributed by atoms with Gasteiger partial charge in [0.25, 0.3) is 0 Å². The molecule has 2 rings (SSSR count). The maximum atomic E-state index is 5.72. The molecule has 1 aromatic carbocycles. The number of aryl methyl sites for hydroxylation is 1. The van der Waals surface area contributed by atoms with Crippen molar-refractivity contribution in [2.45, 2.75) is 25.8 Å². The van der Waals surface area contributed by atoms with Gasteiger partial charge in [-0.15, -0.1) is 0 Å². The fourth-order valence-electron chi connectivity index (χ4n) is 2.24. The van der Waals surface area contributed by atoms with Gasteiger partial charge in [0.2, 0.25) is 0 Å². The molecule has 4 nitrogen and oxygen atoms in total. The lowest BCUT2D eigenvalue weighted by molar-refractivity contribution is 0.330. The molecule has 3 N–H and O–H groups in total. The van der Waals surface area contributed by atoms with Crippen LogP contribution in [-0.2, 0) is 6.42 Å². The maximum absolute atomic E-state index is 5.72. The summed E-state index contributed by atoms with van der Waals surface area (Å²) >= 11 is 0. The number of hydrazine groups is 1. The van der Waals surface area contributed by atoms with Gasteiger partial charge in [0.1, 0.15) is 5.75 Å². The smallest absolute Gasteiger partial charge is 0.124 e. The van der Waals surface area contributed by atoms with Crippen molar-refractivity contribution in [2.24, 2.45) is 5.84 Å². The van der Waals surface area contributed by atoms with Crippen LogP contribution in [0.3, 0.4) is 0 Å². The molecule has 0 saturated heterocycles. The molecule has 1 unspecified atom stereocenters. The Morgan fingerprint density at radius 3 is 2.65 bits per heavy atom. The fraction of sp³-hybridized carbons (Fsp3) is 0.312. The quantitative estimate of drug-likeness (QED) is 0.600. The number of benzene rings is 1. The van der Waals surface area contributed by atoms with Crippen LogP contribution in [-0.4, -0.2) is 11.6 Å². The molecular weight excluding hydrogens is 250 g/mol. The van der Waals surface area contributed by atoms with Gasteiger partial charge in [0.05, 0.1) is 6.61 Å². The second-order valence-corrected chi connectivity index (χ2v) is 4.58. The molecule has 0 aliphatic rings. The van der Waals surface area contributed by atoms with Crippen molar-refractivity contribution in [3.63, 3.8) is 0 Å². The van der Waals surface area contributed by atoms with E-state index in [4.69, 9.17) is 10.6 Å². The molecule has 0 radical (unpaired) electrons. The lowest BCUT2D eigenvalue weighted by Crippen LogP contribution is -2.28. The zero-order valence-corrected chi connectivity index (χ0v) is 11.8. The molecule has 20 heavy (non-hydrogen) atoms. The van der Waals surface area contributed by atoms with E-state index >= 15 is 0 Å². The van der Waals surface area contributed by atoms with Crippen molar-refractivity contribution in [1.82, 2.24) is 10.4 Å². The molecule has 0 fully saturated rings. The highest BCUT2D eigenvalue weighted by Gasteiger charge is 2.14. The molecular formula is C16H21N3O. The lowest BCUT2D eigenvalue weighted by atomic mass is 9.99. The van der Waals surface area contributed by atoms with Crippen molar-refractivity contribution >= 4 is 0 Å². The third kappa shape index (κ3) is 3.79. The Morgan fingerprint density at radius 2 is 1.95 bits per heavy atom. The van der Waals surface area contributed by atoms with Crippen LogP contribution in [0.5, 0.6) is 5.75 Å². The summed E-state index contributed by atoms with van der Waals surface area (Å²) in [5, 5.41) is 0. The Balaban J connectivity index is 2.08. The first-order valence-electron chi connectivity index (χ1n) is 6.92. The number of nitrogens with two attached hydrogens (primary N) is 1. The van der Waals surface area contributed by atoms with Gasteiger partial charge in [0.15, 0.2) is 0 Å². The number of ether oxygens (including phenoxy) is 1. The molecule has 0 bridgehead atoms. The third-order valence-electron chi connectivity index (χ3n) is 3.27. The molecule has 0 spiro atoms. The van der Waals surface area contributed by atoms with Crippen LogP contribution in [0.15, 0.2) is 48.8 Å². The van der Waals surface area contributed by atoms with Crippen LogP contribution in [0.4, 0.5) is 0 Å². The number of hydrogen-bond acceptors (Lipinski definition) is 4. The average Bonchev–Trinajstić information content (AvgIpc) is 2.51. The third-order valence-corrected chi connectivity index (χ3v) is 3.27. The highest BCUT2D eigenvalue weighted by atomic mass is 16.5.